The molecule has 1 aromatic rings. The highest BCUT2D eigenvalue weighted by molar-refractivity contribution is 5.72. The second-order valence-electron chi connectivity index (χ2n) is 4.21. The quantitative estimate of drug-likeness (QED) is 0.829. The van der Waals surface area contributed by atoms with Crippen molar-refractivity contribution in [3.8, 4) is 5.75 Å². The van der Waals surface area contributed by atoms with E-state index in [4.69, 9.17) is 9.84 Å². The maximum atomic E-state index is 11.1. The van der Waals surface area contributed by atoms with Crippen molar-refractivity contribution in [3.05, 3.63) is 29.8 Å². The van der Waals surface area contributed by atoms with E-state index in [1.54, 1.807) is 0 Å². The number of carbonyl (C=O) groups is 1. The van der Waals surface area contributed by atoms with Gasteiger partial charge in [-0.1, -0.05) is 12.1 Å². The van der Waals surface area contributed by atoms with Crippen molar-refractivity contribution < 1.29 is 14.6 Å². The molecule has 0 saturated carbocycles. The third kappa shape index (κ3) is 2.58. The lowest BCUT2D eigenvalue weighted by atomic mass is 9.89. The number of hydrogen-bond acceptors (Lipinski definition) is 3. The van der Waals surface area contributed by atoms with Crippen LogP contribution < -0.4 is 10.1 Å². The first kappa shape index (κ1) is 11.9. The predicted molar refractivity (Wildman–Crippen MR) is 64.3 cm³/mol. The number of carboxylic acid groups (broad SMARTS) is 1. The number of hydrogen-bond donors (Lipinski definition) is 2. The number of carboxylic acids is 1. The summed E-state index contributed by atoms with van der Waals surface area (Å²) < 4.78 is 5.43. The molecule has 0 aliphatic carbocycles. The van der Waals surface area contributed by atoms with Crippen LogP contribution in [0.2, 0.25) is 0 Å². The van der Waals surface area contributed by atoms with Crippen molar-refractivity contribution in [3.63, 3.8) is 0 Å². The van der Waals surface area contributed by atoms with Gasteiger partial charge in [0.15, 0.2) is 0 Å². The van der Waals surface area contributed by atoms with Crippen LogP contribution in [0.3, 0.4) is 0 Å². The van der Waals surface area contributed by atoms with Gasteiger partial charge in [-0.3, -0.25) is 4.79 Å². The van der Waals surface area contributed by atoms with Gasteiger partial charge in [-0.05, 0) is 24.6 Å². The van der Waals surface area contributed by atoms with Crippen LogP contribution >= 0.6 is 0 Å². The molecular formula is C13H17NO3. The Morgan fingerprint density at radius 1 is 1.53 bits per heavy atom. The highest BCUT2D eigenvalue weighted by Crippen LogP contribution is 2.30. The lowest BCUT2D eigenvalue weighted by Gasteiger charge is -2.16. The van der Waals surface area contributed by atoms with Crippen molar-refractivity contribution in [2.24, 2.45) is 5.92 Å². The molecular weight excluding hydrogens is 218 g/mol. The van der Waals surface area contributed by atoms with Crippen LogP contribution in [0.15, 0.2) is 24.3 Å². The maximum absolute atomic E-state index is 11.1. The van der Waals surface area contributed by atoms with Crippen molar-refractivity contribution in [2.75, 3.05) is 19.7 Å². The Labute approximate surface area is 101 Å². The van der Waals surface area contributed by atoms with Crippen molar-refractivity contribution in [2.45, 2.75) is 12.8 Å². The van der Waals surface area contributed by atoms with Gasteiger partial charge in [-0.15, -0.1) is 0 Å². The molecule has 0 spiro atoms. The van der Waals surface area contributed by atoms with E-state index < -0.39 is 5.97 Å². The third-order valence-corrected chi connectivity index (χ3v) is 3.13. The van der Waals surface area contributed by atoms with Crippen LogP contribution in [-0.2, 0) is 4.79 Å². The first-order chi connectivity index (χ1) is 8.22. The Kier molecular flexibility index (Phi) is 3.64. The third-order valence-electron chi connectivity index (χ3n) is 3.13. The minimum atomic E-state index is -0.734. The predicted octanol–water partition coefficient (Wildman–Crippen LogP) is 1.47. The van der Waals surface area contributed by atoms with Gasteiger partial charge < -0.3 is 15.2 Å². The summed E-state index contributed by atoms with van der Waals surface area (Å²) in [7, 11) is 0. The van der Waals surface area contributed by atoms with E-state index in [9.17, 15) is 4.79 Å². The van der Waals surface area contributed by atoms with Gasteiger partial charge in [0.2, 0.25) is 0 Å². The Morgan fingerprint density at radius 2 is 2.35 bits per heavy atom. The second kappa shape index (κ2) is 5.19. The van der Waals surface area contributed by atoms with Gasteiger partial charge >= 0.3 is 5.97 Å². The fourth-order valence-electron chi connectivity index (χ4n) is 2.29. The van der Waals surface area contributed by atoms with Crippen LogP contribution in [0.4, 0.5) is 0 Å². The van der Waals surface area contributed by atoms with Gasteiger partial charge in [0, 0.05) is 19.0 Å². The number of aliphatic carboxylic acids is 1. The summed E-state index contributed by atoms with van der Waals surface area (Å²) in [6.45, 7) is 3.81. The molecule has 1 aromatic carbocycles. The zero-order chi connectivity index (χ0) is 12.3. The average Bonchev–Trinajstić information content (AvgIpc) is 2.79. The van der Waals surface area contributed by atoms with Crippen LogP contribution in [0.1, 0.15) is 18.4 Å². The zero-order valence-corrected chi connectivity index (χ0v) is 9.85. The number of ether oxygens (including phenoxy) is 1. The smallest absolute Gasteiger partial charge is 0.308 e. The van der Waals surface area contributed by atoms with Crippen molar-refractivity contribution >= 4 is 5.97 Å². The van der Waals surface area contributed by atoms with Gasteiger partial charge in [0.05, 0.1) is 12.5 Å². The SMILES string of the molecule is CCOc1cccc([C@@H]2CNC[C@H]2C(=O)O)c1. The number of nitrogens with one attached hydrogen (secondary N) is 1. The van der Waals surface area contributed by atoms with Crippen molar-refractivity contribution in [1.29, 1.82) is 0 Å². The summed E-state index contributed by atoms with van der Waals surface area (Å²) in [5.41, 5.74) is 1.04. The number of benzene rings is 1. The van der Waals surface area contributed by atoms with E-state index in [1.807, 2.05) is 31.2 Å². The molecule has 92 valence electrons. The Bertz CT molecular complexity index is 405. The minimum absolute atomic E-state index is 0.0351. The van der Waals surface area contributed by atoms with E-state index in [-0.39, 0.29) is 11.8 Å². The topological polar surface area (TPSA) is 58.6 Å². The molecule has 2 rings (SSSR count). The number of rotatable bonds is 4. The highest BCUT2D eigenvalue weighted by atomic mass is 16.5. The van der Waals surface area contributed by atoms with Gasteiger partial charge in [-0.2, -0.15) is 0 Å². The molecule has 4 nitrogen and oxygen atoms in total. The summed E-state index contributed by atoms with van der Waals surface area (Å²) in [6.07, 6.45) is 0. The van der Waals surface area contributed by atoms with Crippen LogP contribution in [0, 0.1) is 5.92 Å². The van der Waals surface area contributed by atoms with E-state index in [0.29, 0.717) is 19.7 Å². The summed E-state index contributed by atoms with van der Waals surface area (Å²) in [5.74, 6) is -0.234. The van der Waals surface area contributed by atoms with Gasteiger partial charge in [0.1, 0.15) is 5.75 Å². The molecule has 0 aromatic heterocycles. The molecule has 4 heteroatoms. The molecule has 2 N–H and O–H groups in total. The monoisotopic (exact) mass is 235 g/mol. The molecule has 1 aliphatic heterocycles. The molecule has 1 fully saturated rings. The lowest BCUT2D eigenvalue weighted by Crippen LogP contribution is -2.21. The fourth-order valence-corrected chi connectivity index (χ4v) is 2.29. The van der Waals surface area contributed by atoms with Crippen molar-refractivity contribution in [1.82, 2.24) is 5.32 Å². The van der Waals surface area contributed by atoms with Gasteiger partial charge in [0.25, 0.3) is 0 Å². The Hall–Kier alpha value is -1.55. The maximum Gasteiger partial charge on any atom is 0.308 e. The highest BCUT2D eigenvalue weighted by Gasteiger charge is 2.33. The zero-order valence-electron chi connectivity index (χ0n) is 9.85. The lowest BCUT2D eigenvalue weighted by molar-refractivity contribution is -0.141. The molecule has 0 amide bonds. The molecule has 0 unspecified atom stereocenters. The van der Waals surface area contributed by atoms with E-state index in [2.05, 4.69) is 5.32 Å². The summed E-state index contributed by atoms with van der Waals surface area (Å²) in [5, 5.41) is 12.3. The molecule has 0 radical (unpaired) electrons. The summed E-state index contributed by atoms with van der Waals surface area (Å²) >= 11 is 0. The molecule has 1 heterocycles. The second-order valence-corrected chi connectivity index (χ2v) is 4.21. The van der Waals surface area contributed by atoms with E-state index in [0.717, 1.165) is 11.3 Å². The van der Waals surface area contributed by atoms with Crippen LogP contribution in [-0.4, -0.2) is 30.8 Å². The van der Waals surface area contributed by atoms with E-state index in [1.165, 1.54) is 0 Å². The molecule has 1 saturated heterocycles. The molecule has 0 bridgehead atoms. The largest absolute Gasteiger partial charge is 0.494 e. The fraction of sp³-hybridized carbons (Fsp3) is 0.462. The Balaban J connectivity index is 2.21. The van der Waals surface area contributed by atoms with Crippen LogP contribution in [0.5, 0.6) is 5.75 Å². The standard InChI is InChI=1S/C13H17NO3/c1-2-17-10-5-3-4-9(6-10)11-7-14-8-12(11)13(15)16/h3-6,11-12,14H,2,7-8H2,1H3,(H,15,16)/t11-,12+/m0/s1. The normalized spacial score (nSPS) is 23.6. The first-order valence-corrected chi connectivity index (χ1v) is 5.88. The summed E-state index contributed by atoms with van der Waals surface area (Å²) in [4.78, 5) is 11.1. The van der Waals surface area contributed by atoms with Crippen LogP contribution in [0.25, 0.3) is 0 Å². The molecule has 17 heavy (non-hydrogen) atoms. The Morgan fingerprint density at radius 3 is 3.06 bits per heavy atom. The average molecular weight is 235 g/mol. The molecule has 2 atom stereocenters. The van der Waals surface area contributed by atoms with Gasteiger partial charge in [-0.25, -0.2) is 0 Å². The van der Waals surface area contributed by atoms with E-state index >= 15 is 0 Å². The minimum Gasteiger partial charge on any atom is -0.494 e. The molecule has 1 aliphatic rings. The summed E-state index contributed by atoms with van der Waals surface area (Å²) in [6, 6.07) is 7.72. The first-order valence-electron chi connectivity index (χ1n) is 5.88.